The van der Waals surface area contributed by atoms with Gasteiger partial charge in [-0.25, -0.2) is 0 Å². The topological polar surface area (TPSA) is 116 Å². The third-order valence-electron chi connectivity index (χ3n) is 4.25. The monoisotopic (exact) mass is 389 g/mol. The van der Waals surface area contributed by atoms with E-state index >= 15 is 0 Å². The lowest BCUT2D eigenvalue weighted by Crippen LogP contribution is -2.13. The molecule has 0 aliphatic heterocycles. The molecule has 0 saturated carbocycles. The number of hydrogen-bond acceptors (Lipinski definition) is 7. The van der Waals surface area contributed by atoms with Gasteiger partial charge >= 0.3 is 0 Å². The number of rotatable bonds is 7. The first-order valence-corrected chi connectivity index (χ1v) is 9.17. The summed E-state index contributed by atoms with van der Waals surface area (Å²) in [7, 11) is 0. The number of nitrogens with one attached hydrogen (secondary N) is 1. The summed E-state index contributed by atoms with van der Waals surface area (Å²) in [6.45, 7) is 2.32. The molecule has 0 atom stereocenters. The first kappa shape index (κ1) is 18.4. The minimum Gasteiger partial charge on any atom is -0.326 e. The number of nitrogens with zero attached hydrogens (tertiary/aromatic N) is 8. The summed E-state index contributed by atoms with van der Waals surface area (Å²) in [6, 6.07) is 17.0. The molecule has 2 heterocycles. The van der Waals surface area contributed by atoms with Crippen molar-refractivity contribution in [2.24, 2.45) is 0 Å². The normalized spacial score (nSPS) is 10.8. The van der Waals surface area contributed by atoms with Crippen LogP contribution in [0.1, 0.15) is 18.7 Å². The second-order valence-electron chi connectivity index (χ2n) is 6.41. The highest BCUT2D eigenvalue weighted by molar-refractivity contribution is 5.90. The summed E-state index contributed by atoms with van der Waals surface area (Å²) in [5.74, 6) is 1.16. The van der Waals surface area contributed by atoms with Crippen molar-refractivity contribution in [3.63, 3.8) is 0 Å². The third kappa shape index (κ3) is 4.49. The Kier molecular flexibility index (Phi) is 5.32. The summed E-state index contributed by atoms with van der Waals surface area (Å²) >= 11 is 0. The number of amides is 1. The molecule has 0 unspecified atom stereocenters. The maximum absolute atomic E-state index is 12.3. The Labute approximate surface area is 166 Å². The molecular formula is C19H19N9O. The minimum atomic E-state index is -0.0843. The fourth-order valence-corrected chi connectivity index (χ4v) is 2.83. The number of anilines is 1. The van der Waals surface area contributed by atoms with Crippen LogP contribution in [0.25, 0.3) is 17.1 Å². The quantitative estimate of drug-likeness (QED) is 0.514. The maximum atomic E-state index is 12.3. The molecule has 29 heavy (non-hydrogen) atoms. The summed E-state index contributed by atoms with van der Waals surface area (Å²) < 4.78 is 1.61. The highest BCUT2D eigenvalue weighted by Gasteiger charge is 2.08. The summed E-state index contributed by atoms with van der Waals surface area (Å²) in [4.78, 5) is 13.8. The second kappa shape index (κ2) is 8.38. The standard InChI is InChI=1S/C19H19N9O/c1-14-21-24-26-28(14)17-10-5-9-16(13-17)20-18(29)11-6-12-27-23-19(22-25-27)15-7-3-2-4-8-15/h2-5,7-10,13H,6,11-12H2,1H3,(H,20,29). The number of carbonyl (C=O) groups excluding carboxylic acids is 1. The zero-order chi connectivity index (χ0) is 20.1. The Morgan fingerprint density at radius 3 is 2.69 bits per heavy atom. The Bertz CT molecular complexity index is 1100. The smallest absolute Gasteiger partial charge is 0.224 e. The van der Waals surface area contributed by atoms with Crippen LogP contribution >= 0.6 is 0 Å². The molecule has 4 rings (SSSR count). The summed E-state index contributed by atoms with van der Waals surface area (Å²) in [5, 5.41) is 26.8. The zero-order valence-electron chi connectivity index (χ0n) is 15.8. The van der Waals surface area contributed by atoms with Gasteiger partial charge in [0.15, 0.2) is 5.82 Å². The van der Waals surface area contributed by atoms with Crippen LogP contribution in [0.15, 0.2) is 54.6 Å². The Morgan fingerprint density at radius 1 is 1.03 bits per heavy atom. The molecule has 0 aliphatic carbocycles. The van der Waals surface area contributed by atoms with E-state index in [1.807, 2.05) is 61.5 Å². The maximum Gasteiger partial charge on any atom is 0.224 e. The molecule has 4 aromatic rings. The van der Waals surface area contributed by atoms with Crippen molar-refractivity contribution in [3.8, 4) is 17.1 Å². The van der Waals surface area contributed by atoms with Gasteiger partial charge in [0.2, 0.25) is 11.7 Å². The lowest BCUT2D eigenvalue weighted by molar-refractivity contribution is -0.116. The van der Waals surface area contributed by atoms with E-state index in [2.05, 4.69) is 36.3 Å². The van der Waals surface area contributed by atoms with E-state index in [-0.39, 0.29) is 5.91 Å². The van der Waals surface area contributed by atoms with Crippen LogP contribution in [-0.4, -0.2) is 46.3 Å². The SMILES string of the molecule is Cc1nnnn1-c1cccc(NC(=O)CCCn2nnc(-c3ccccc3)n2)c1. The van der Waals surface area contributed by atoms with Crippen LogP contribution in [0.5, 0.6) is 0 Å². The molecule has 0 aliphatic rings. The first-order valence-electron chi connectivity index (χ1n) is 9.17. The molecule has 0 bridgehead atoms. The molecule has 1 N–H and O–H groups in total. The molecule has 0 saturated heterocycles. The van der Waals surface area contributed by atoms with E-state index < -0.39 is 0 Å². The van der Waals surface area contributed by atoms with Crippen molar-refractivity contribution in [2.75, 3.05) is 5.32 Å². The van der Waals surface area contributed by atoms with Gasteiger partial charge in [0.1, 0.15) is 0 Å². The van der Waals surface area contributed by atoms with Crippen molar-refractivity contribution in [2.45, 2.75) is 26.3 Å². The van der Waals surface area contributed by atoms with Gasteiger partial charge in [0, 0.05) is 17.7 Å². The average molecular weight is 389 g/mol. The van der Waals surface area contributed by atoms with Crippen molar-refractivity contribution < 1.29 is 4.79 Å². The van der Waals surface area contributed by atoms with Crippen molar-refractivity contribution in [1.82, 2.24) is 40.4 Å². The molecular weight excluding hydrogens is 370 g/mol. The Morgan fingerprint density at radius 2 is 1.90 bits per heavy atom. The van der Waals surface area contributed by atoms with Crippen LogP contribution in [0.2, 0.25) is 0 Å². The van der Waals surface area contributed by atoms with Gasteiger partial charge in [-0.3, -0.25) is 4.79 Å². The highest BCUT2D eigenvalue weighted by atomic mass is 16.1. The summed E-state index contributed by atoms with van der Waals surface area (Å²) in [5.41, 5.74) is 2.38. The van der Waals surface area contributed by atoms with E-state index in [1.54, 1.807) is 4.68 Å². The van der Waals surface area contributed by atoms with Crippen LogP contribution in [0.3, 0.4) is 0 Å². The van der Waals surface area contributed by atoms with Gasteiger partial charge in [-0.1, -0.05) is 36.4 Å². The van der Waals surface area contributed by atoms with E-state index in [1.165, 1.54) is 4.80 Å². The molecule has 10 nitrogen and oxygen atoms in total. The molecule has 2 aromatic carbocycles. The third-order valence-corrected chi connectivity index (χ3v) is 4.25. The fraction of sp³-hybridized carbons (Fsp3) is 0.211. The van der Waals surface area contributed by atoms with Crippen molar-refractivity contribution >= 4 is 11.6 Å². The van der Waals surface area contributed by atoms with Gasteiger partial charge in [-0.15, -0.1) is 15.3 Å². The van der Waals surface area contributed by atoms with Crippen LogP contribution in [0.4, 0.5) is 5.69 Å². The van der Waals surface area contributed by atoms with Crippen molar-refractivity contribution in [1.29, 1.82) is 0 Å². The molecule has 0 fully saturated rings. The lowest BCUT2D eigenvalue weighted by Gasteiger charge is -2.07. The Balaban J connectivity index is 1.30. The number of aromatic nitrogens is 8. The van der Waals surface area contributed by atoms with Crippen molar-refractivity contribution in [3.05, 3.63) is 60.4 Å². The van der Waals surface area contributed by atoms with Gasteiger partial charge in [0.25, 0.3) is 0 Å². The van der Waals surface area contributed by atoms with E-state index in [0.29, 0.717) is 36.7 Å². The van der Waals surface area contributed by atoms with Crippen LogP contribution < -0.4 is 5.32 Å². The number of tetrazole rings is 2. The highest BCUT2D eigenvalue weighted by Crippen LogP contribution is 2.15. The fourth-order valence-electron chi connectivity index (χ4n) is 2.83. The van der Waals surface area contributed by atoms with Gasteiger partial charge in [-0.05, 0) is 47.2 Å². The van der Waals surface area contributed by atoms with Gasteiger partial charge < -0.3 is 5.32 Å². The van der Waals surface area contributed by atoms with E-state index in [0.717, 1.165) is 11.3 Å². The van der Waals surface area contributed by atoms with E-state index in [4.69, 9.17) is 0 Å². The van der Waals surface area contributed by atoms with Crippen LogP contribution in [0, 0.1) is 6.92 Å². The van der Waals surface area contributed by atoms with Gasteiger partial charge in [-0.2, -0.15) is 9.48 Å². The van der Waals surface area contributed by atoms with Gasteiger partial charge in [0.05, 0.1) is 12.2 Å². The predicted octanol–water partition coefficient (Wildman–Crippen LogP) is 2.04. The minimum absolute atomic E-state index is 0.0843. The molecule has 2 aromatic heterocycles. The van der Waals surface area contributed by atoms with E-state index in [9.17, 15) is 4.79 Å². The lowest BCUT2D eigenvalue weighted by atomic mass is 10.2. The predicted molar refractivity (Wildman–Crippen MR) is 105 cm³/mol. The average Bonchev–Trinajstić information content (AvgIpc) is 3.38. The summed E-state index contributed by atoms with van der Waals surface area (Å²) in [6.07, 6.45) is 0.943. The second-order valence-corrected chi connectivity index (χ2v) is 6.41. The number of benzene rings is 2. The molecule has 146 valence electrons. The number of hydrogen-bond donors (Lipinski definition) is 1. The largest absolute Gasteiger partial charge is 0.326 e. The zero-order valence-corrected chi connectivity index (χ0v) is 15.8. The number of carbonyl (C=O) groups is 1. The number of aryl methyl sites for hydroxylation is 2. The molecule has 10 heteroatoms. The molecule has 0 radical (unpaired) electrons. The molecule has 1 amide bonds. The van der Waals surface area contributed by atoms with Crippen LogP contribution in [-0.2, 0) is 11.3 Å². The first-order chi connectivity index (χ1) is 14.2. The Hall–Kier alpha value is -3.95. The molecule has 0 spiro atoms.